The molecule has 5 atom stereocenters. The van der Waals surface area contributed by atoms with E-state index < -0.39 is 0 Å². The SMILES string of the molecule is CC1C2C3C=CC(C3)C2CN1C. The second-order valence-corrected chi connectivity index (χ2v) is 4.87. The summed E-state index contributed by atoms with van der Waals surface area (Å²) in [4.78, 5) is 2.54. The van der Waals surface area contributed by atoms with Crippen LogP contribution in [-0.4, -0.2) is 24.5 Å². The third kappa shape index (κ3) is 0.687. The first-order valence-corrected chi connectivity index (χ1v) is 5.16. The number of hydrogen-bond acceptors (Lipinski definition) is 1. The fourth-order valence-corrected chi connectivity index (χ4v) is 3.73. The highest BCUT2D eigenvalue weighted by Gasteiger charge is 2.51. The van der Waals surface area contributed by atoms with Crippen molar-refractivity contribution in [2.75, 3.05) is 13.6 Å². The maximum atomic E-state index is 2.54. The number of allylic oxidation sites excluding steroid dienone is 2. The fraction of sp³-hybridized carbons (Fsp3) is 0.818. The molecule has 0 radical (unpaired) electrons. The van der Waals surface area contributed by atoms with Crippen LogP contribution in [0.4, 0.5) is 0 Å². The highest BCUT2D eigenvalue weighted by molar-refractivity contribution is 5.17. The Balaban J connectivity index is 1.94. The maximum absolute atomic E-state index is 2.54. The van der Waals surface area contributed by atoms with Crippen molar-refractivity contribution in [1.29, 1.82) is 0 Å². The summed E-state index contributed by atoms with van der Waals surface area (Å²) in [6.45, 7) is 3.75. The van der Waals surface area contributed by atoms with Crippen molar-refractivity contribution in [3.05, 3.63) is 12.2 Å². The lowest BCUT2D eigenvalue weighted by Gasteiger charge is -2.24. The van der Waals surface area contributed by atoms with Gasteiger partial charge in [-0.15, -0.1) is 0 Å². The summed E-state index contributed by atoms with van der Waals surface area (Å²) in [6.07, 6.45) is 6.41. The molecule has 0 aromatic carbocycles. The van der Waals surface area contributed by atoms with Crippen molar-refractivity contribution in [2.24, 2.45) is 23.7 Å². The summed E-state index contributed by atoms with van der Waals surface area (Å²) in [5.74, 6) is 3.86. The first kappa shape index (κ1) is 7.14. The fourth-order valence-electron chi connectivity index (χ4n) is 3.73. The molecule has 5 unspecified atom stereocenters. The van der Waals surface area contributed by atoms with Crippen molar-refractivity contribution in [1.82, 2.24) is 4.90 Å². The van der Waals surface area contributed by atoms with E-state index in [1.807, 2.05) is 0 Å². The van der Waals surface area contributed by atoms with E-state index in [9.17, 15) is 0 Å². The van der Waals surface area contributed by atoms with Gasteiger partial charge in [-0.1, -0.05) is 12.2 Å². The van der Waals surface area contributed by atoms with E-state index in [-0.39, 0.29) is 0 Å². The average Bonchev–Trinajstić information content (AvgIpc) is 2.66. The van der Waals surface area contributed by atoms with Crippen LogP contribution in [0.15, 0.2) is 12.2 Å². The smallest absolute Gasteiger partial charge is 0.0101 e. The summed E-state index contributed by atoms with van der Waals surface area (Å²) in [5, 5.41) is 0. The summed E-state index contributed by atoms with van der Waals surface area (Å²) in [5.41, 5.74) is 0. The molecule has 3 rings (SSSR count). The summed E-state index contributed by atoms with van der Waals surface area (Å²) < 4.78 is 0. The minimum absolute atomic E-state index is 0.829. The van der Waals surface area contributed by atoms with Crippen LogP contribution in [0.25, 0.3) is 0 Å². The van der Waals surface area contributed by atoms with Gasteiger partial charge in [0, 0.05) is 12.6 Å². The summed E-state index contributed by atoms with van der Waals surface area (Å²) >= 11 is 0. The molecule has 12 heavy (non-hydrogen) atoms. The first-order valence-electron chi connectivity index (χ1n) is 5.16. The highest BCUT2D eigenvalue weighted by atomic mass is 15.2. The molecule has 0 spiro atoms. The molecular weight excluding hydrogens is 146 g/mol. The van der Waals surface area contributed by atoms with Crippen LogP contribution in [0.2, 0.25) is 0 Å². The lowest BCUT2D eigenvalue weighted by molar-refractivity contribution is 0.266. The molecule has 2 aliphatic carbocycles. The van der Waals surface area contributed by atoms with Crippen LogP contribution in [0.5, 0.6) is 0 Å². The minimum atomic E-state index is 0.829. The Morgan fingerprint density at radius 1 is 1.25 bits per heavy atom. The molecule has 2 bridgehead atoms. The molecule has 1 heteroatoms. The number of likely N-dealkylation sites (tertiary alicyclic amines) is 1. The van der Waals surface area contributed by atoms with Crippen molar-refractivity contribution in [3.8, 4) is 0 Å². The number of rotatable bonds is 0. The lowest BCUT2D eigenvalue weighted by Crippen LogP contribution is -2.28. The Labute approximate surface area is 74.4 Å². The van der Waals surface area contributed by atoms with E-state index >= 15 is 0 Å². The molecule has 1 aliphatic heterocycles. The van der Waals surface area contributed by atoms with Gasteiger partial charge in [0.05, 0.1) is 0 Å². The Kier molecular flexibility index (Phi) is 1.27. The van der Waals surface area contributed by atoms with Gasteiger partial charge in [-0.25, -0.2) is 0 Å². The number of hydrogen-bond donors (Lipinski definition) is 0. The number of nitrogens with zero attached hydrogens (tertiary/aromatic N) is 1. The zero-order valence-electron chi connectivity index (χ0n) is 7.90. The van der Waals surface area contributed by atoms with Gasteiger partial charge in [-0.2, -0.15) is 0 Å². The van der Waals surface area contributed by atoms with E-state index in [1.165, 1.54) is 13.0 Å². The van der Waals surface area contributed by atoms with Gasteiger partial charge in [0.1, 0.15) is 0 Å². The van der Waals surface area contributed by atoms with Gasteiger partial charge in [0.2, 0.25) is 0 Å². The molecular formula is C11H17N. The molecule has 1 saturated heterocycles. The van der Waals surface area contributed by atoms with Crippen LogP contribution in [-0.2, 0) is 0 Å². The normalized spacial score (nSPS) is 56.7. The van der Waals surface area contributed by atoms with Crippen LogP contribution in [0.1, 0.15) is 13.3 Å². The largest absolute Gasteiger partial charge is 0.303 e. The van der Waals surface area contributed by atoms with Crippen molar-refractivity contribution in [2.45, 2.75) is 19.4 Å². The van der Waals surface area contributed by atoms with Crippen molar-refractivity contribution in [3.63, 3.8) is 0 Å². The Morgan fingerprint density at radius 2 is 2.00 bits per heavy atom. The Hall–Kier alpha value is -0.300. The Bertz CT molecular complexity index is 233. The molecule has 0 N–H and O–H groups in total. The predicted octanol–water partition coefficient (Wildman–Crippen LogP) is 1.76. The van der Waals surface area contributed by atoms with Gasteiger partial charge in [-0.3, -0.25) is 0 Å². The van der Waals surface area contributed by atoms with Gasteiger partial charge in [0.25, 0.3) is 0 Å². The average molecular weight is 163 g/mol. The quantitative estimate of drug-likeness (QED) is 0.492. The third-order valence-corrected chi connectivity index (χ3v) is 4.44. The molecule has 3 aliphatic rings. The van der Waals surface area contributed by atoms with E-state index in [0.29, 0.717) is 0 Å². The monoisotopic (exact) mass is 163 g/mol. The van der Waals surface area contributed by atoms with Gasteiger partial charge >= 0.3 is 0 Å². The first-order chi connectivity index (χ1) is 5.77. The van der Waals surface area contributed by atoms with E-state index in [1.54, 1.807) is 0 Å². The van der Waals surface area contributed by atoms with E-state index in [2.05, 4.69) is 31.0 Å². The molecule has 1 heterocycles. The lowest BCUT2D eigenvalue weighted by atomic mass is 9.83. The second-order valence-electron chi connectivity index (χ2n) is 4.87. The van der Waals surface area contributed by atoms with E-state index in [0.717, 1.165) is 29.7 Å². The minimum Gasteiger partial charge on any atom is -0.303 e. The van der Waals surface area contributed by atoms with Crippen LogP contribution < -0.4 is 0 Å². The second kappa shape index (κ2) is 2.14. The summed E-state index contributed by atoms with van der Waals surface area (Å²) in [6, 6.07) is 0.829. The van der Waals surface area contributed by atoms with Gasteiger partial charge < -0.3 is 4.90 Å². The molecule has 0 amide bonds. The maximum Gasteiger partial charge on any atom is 0.0101 e. The molecule has 1 nitrogen and oxygen atoms in total. The van der Waals surface area contributed by atoms with E-state index in [4.69, 9.17) is 0 Å². The predicted molar refractivity (Wildman–Crippen MR) is 49.8 cm³/mol. The molecule has 0 aromatic heterocycles. The third-order valence-electron chi connectivity index (χ3n) is 4.44. The Morgan fingerprint density at radius 3 is 2.75 bits per heavy atom. The van der Waals surface area contributed by atoms with Gasteiger partial charge in [-0.05, 0) is 44.1 Å². The number of fused-ring (bicyclic) bond motifs is 5. The zero-order chi connectivity index (χ0) is 8.29. The molecule has 2 fully saturated rings. The van der Waals surface area contributed by atoms with Crippen LogP contribution in [0.3, 0.4) is 0 Å². The molecule has 66 valence electrons. The highest BCUT2D eigenvalue weighted by Crippen LogP contribution is 2.53. The summed E-state index contributed by atoms with van der Waals surface area (Å²) in [7, 11) is 2.28. The molecule has 0 aromatic rings. The zero-order valence-corrected chi connectivity index (χ0v) is 7.90. The van der Waals surface area contributed by atoms with Crippen LogP contribution in [0, 0.1) is 23.7 Å². The topological polar surface area (TPSA) is 3.24 Å². The van der Waals surface area contributed by atoms with Crippen molar-refractivity contribution < 1.29 is 0 Å². The standard InChI is InChI=1S/C11H17N/c1-7-11-9-4-3-8(5-9)10(11)6-12(7)2/h3-4,7-11H,5-6H2,1-2H3. The van der Waals surface area contributed by atoms with Gasteiger partial charge in [0.15, 0.2) is 0 Å². The van der Waals surface area contributed by atoms with Crippen LogP contribution >= 0.6 is 0 Å². The molecule has 1 saturated carbocycles. The van der Waals surface area contributed by atoms with Crippen molar-refractivity contribution >= 4 is 0 Å².